The Morgan fingerprint density at radius 3 is 2.44 bits per heavy atom. The lowest BCUT2D eigenvalue weighted by Gasteiger charge is -2.29. The van der Waals surface area contributed by atoms with E-state index >= 15 is 0 Å². The van der Waals surface area contributed by atoms with Crippen molar-refractivity contribution in [3.05, 3.63) is 95.0 Å². The van der Waals surface area contributed by atoms with E-state index in [1.165, 1.54) is 0 Å². The molecule has 2 aromatic heterocycles. The smallest absolute Gasteiger partial charge is 0.270 e. The molecule has 0 radical (unpaired) electrons. The van der Waals surface area contributed by atoms with Gasteiger partial charge >= 0.3 is 0 Å². The van der Waals surface area contributed by atoms with E-state index in [0.29, 0.717) is 59.8 Å². The number of aryl methyl sites for hydroxylation is 1. The molecule has 1 aliphatic carbocycles. The summed E-state index contributed by atoms with van der Waals surface area (Å²) in [6, 6.07) is 13.8. The van der Waals surface area contributed by atoms with E-state index in [4.69, 9.17) is 4.98 Å². The van der Waals surface area contributed by atoms with Crippen LogP contribution < -0.4 is 16.0 Å². The Labute approximate surface area is 320 Å². The molecular weight excluding hydrogens is 697 g/mol. The largest absolute Gasteiger partial charge is 0.352 e. The molecule has 1 atom stereocenters. The molecule has 0 spiro atoms. The van der Waals surface area contributed by atoms with Crippen LogP contribution in [0.4, 0.5) is 11.6 Å². The van der Waals surface area contributed by atoms with Gasteiger partial charge < -0.3 is 25.4 Å². The van der Waals surface area contributed by atoms with Gasteiger partial charge in [-0.3, -0.25) is 28.9 Å². The number of piperidine rings is 1. The van der Waals surface area contributed by atoms with Crippen LogP contribution in [0.1, 0.15) is 124 Å². The van der Waals surface area contributed by atoms with Crippen molar-refractivity contribution in [1.82, 2.24) is 35.0 Å². The van der Waals surface area contributed by atoms with Crippen LogP contribution in [-0.2, 0) is 11.2 Å². The fraction of sp³-hybridized carbons (Fsp3) is 0.405. The van der Waals surface area contributed by atoms with Crippen LogP contribution >= 0.6 is 0 Å². The molecule has 2 fully saturated rings. The van der Waals surface area contributed by atoms with Gasteiger partial charge in [0.2, 0.25) is 11.9 Å². The molecule has 1 saturated heterocycles. The van der Waals surface area contributed by atoms with Crippen molar-refractivity contribution in [2.24, 2.45) is 0 Å². The Kier molecular flexibility index (Phi) is 11.1. The molecule has 4 aromatic rings. The number of carbonyl (C=O) groups is 5. The van der Waals surface area contributed by atoms with Gasteiger partial charge in [-0.25, -0.2) is 4.98 Å². The SMILES string of the molecule is C=C1CCC(N2C(=O)c3cccc(CCCCCCCNC(=O)c4ccc(Nc5ncc6cc(C(=O)N(C)C)n(C7CCCC7)c6n5)cc4)c3C2=O)C(=O)N1. The lowest BCUT2D eigenvalue weighted by atomic mass is 9.97. The van der Waals surface area contributed by atoms with Crippen LogP contribution in [0.2, 0.25) is 0 Å². The van der Waals surface area contributed by atoms with Crippen LogP contribution in [-0.4, -0.2) is 80.6 Å². The van der Waals surface area contributed by atoms with Crippen molar-refractivity contribution in [3.8, 4) is 0 Å². The average Bonchev–Trinajstić information content (AvgIpc) is 3.90. The number of allylic oxidation sites excluding steroid dienone is 1. The van der Waals surface area contributed by atoms with Crippen molar-refractivity contribution in [2.75, 3.05) is 26.0 Å². The molecule has 55 heavy (non-hydrogen) atoms. The number of rotatable bonds is 14. The first kappa shape index (κ1) is 37.5. The molecule has 286 valence electrons. The molecule has 4 heterocycles. The molecule has 13 heteroatoms. The molecule has 1 unspecified atom stereocenters. The number of hydrogen-bond acceptors (Lipinski definition) is 8. The monoisotopic (exact) mass is 744 g/mol. The summed E-state index contributed by atoms with van der Waals surface area (Å²) in [6.07, 6.45) is 12.2. The molecule has 2 aromatic carbocycles. The number of hydrogen-bond donors (Lipinski definition) is 3. The van der Waals surface area contributed by atoms with Crippen molar-refractivity contribution >= 4 is 52.2 Å². The van der Waals surface area contributed by atoms with Crippen LogP contribution in [0.25, 0.3) is 11.0 Å². The van der Waals surface area contributed by atoms with E-state index in [9.17, 15) is 24.0 Å². The number of anilines is 2. The number of aromatic nitrogens is 3. The summed E-state index contributed by atoms with van der Waals surface area (Å²) in [5, 5.41) is 9.76. The zero-order valence-electron chi connectivity index (χ0n) is 31.5. The molecule has 5 amide bonds. The maximum absolute atomic E-state index is 13.4. The molecule has 7 rings (SSSR count). The maximum Gasteiger partial charge on any atom is 0.270 e. The molecule has 0 bridgehead atoms. The van der Waals surface area contributed by atoms with Gasteiger partial charge in [-0.15, -0.1) is 0 Å². The highest BCUT2D eigenvalue weighted by Gasteiger charge is 2.44. The summed E-state index contributed by atoms with van der Waals surface area (Å²) in [4.78, 5) is 77.0. The van der Waals surface area contributed by atoms with E-state index < -0.39 is 17.9 Å². The second-order valence-electron chi connectivity index (χ2n) is 15.0. The lowest BCUT2D eigenvalue weighted by molar-refractivity contribution is -0.125. The molecule has 3 N–H and O–H groups in total. The van der Waals surface area contributed by atoms with Crippen molar-refractivity contribution in [2.45, 2.75) is 89.1 Å². The fourth-order valence-corrected chi connectivity index (χ4v) is 7.98. The van der Waals surface area contributed by atoms with Gasteiger partial charge in [0, 0.05) is 55.2 Å². The first-order valence-corrected chi connectivity index (χ1v) is 19.3. The average molecular weight is 745 g/mol. The number of benzene rings is 2. The van der Waals surface area contributed by atoms with E-state index in [-0.39, 0.29) is 23.8 Å². The number of imide groups is 1. The number of fused-ring (bicyclic) bond motifs is 2. The van der Waals surface area contributed by atoms with E-state index in [2.05, 4.69) is 32.1 Å². The standard InChI is InChI=1S/C42H48N8O5/c1-26-17-22-33(38(52)45-26)50-39(53)32-16-11-13-27(35(32)41(50)55)12-7-5-4-6-10-23-43-37(51)28-18-20-30(21-19-28)46-42-44-25-29-24-34(40(54)48(2)3)49(36(29)47-42)31-14-8-9-15-31/h11,13,16,18-21,24-25,31,33H,1,4-10,12,14-15,17,22-23H2,2-3H3,(H,43,51)(H,45,52)(H,44,46,47). The normalized spacial score (nSPS) is 17.1. The molecule has 2 aliphatic heterocycles. The minimum absolute atomic E-state index is 0.0519. The topological polar surface area (TPSA) is 159 Å². The van der Waals surface area contributed by atoms with Crippen molar-refractivity contribution in [3.63, 3.8) is 0 Å². The van der Waals surface area contributed by atoms with E-state index in [1.54, 1.807) is 49.5 Å². The Balaban J connectivity index is 0.851. The number of unbranched alkanes of at least 4 members (excludes halogenated alkanes) is 4. The number of nitrogens with zero attached hydrogens (tertiary/aromatic N) is 5. The molecule has 1 saturated carbocycles. The number of nitrogens with one attached hydrogen (secondary N) is 3. The van der Waals surface area contributed by atoms with Crippen molar-refractivity contribution < 1.29 is 24.0 Å². The van der Waals surface area contributed by atoms with Crippen LogP contribution in [0.15, 0.2) is 67.0 Å². The van der Waals surface area contributed by atoms with E-state index in [0.717, 1.165) is 85.0 Å². The van der Waals surface area contributed by atoms with Crippen LogP contribution in [0.5, 0.6) is 0 Å². The van der Waals surface area contributed by atoms with Crippen LogP contribution in [0.3, 0.4) is 0 Å². The summed E-state index contributed by atoms with van der Waals surface area (Å²) >= 11 is 0. The second kappa shape index (κ2) is 16.3. The summed E-state index contributed by atoms with van der Waals surface area (Å²) in [5.74, 6) is -0.938. The highest BCUT2D eigenvalue weighted by atomic mass is 16.2. The third-order valence-electron chi connectivity index (χ3n) is 10.9. The zero-order chi connectivity index (χ0) is 38.6. The minimum atomic E-state index is -0.818. The number of amides is 5. The van der Waals surface area contributed by atoms with Gasteiger partial charge in [-0.1, -0.05) is 50.8 Å². The summed E-state index contributed by atoms with van der Waals surface area (Å²) in [5.41, 5.74) is 4.90. The first-order chi connectivity index (χ1) is 26.6. The second-order valence-corrected chi connectivity index (χ2v) is 15.0. The summed E-state index contributed by atoms with van der Waals surface area (Å²) in [6.45, 7) is 4.35. The molecule has 13 nitrogen and oxygen atoms in total. The highest BCUT2D eigenvalue weighted by molar-refractivity contribution is 6.23. The fourth-order valence-electron chi connectivity index (χ4n) is 7.98. The molecular formula is C42H48N8O5. The minimum Gasteiger partial charge on any atom is -0.352 e. The van der Waals surface area contributed by atoms with Gasteiger partial charge in [0.25, 0.3) is 23.6 Å². The lowest BCUT2D eigenvalue weighted by Crippen LogP contribution is -2.51. The predicted molar refractivity (Wildman–Crippen MR) is 209 cm³/mol. The van der Waals surface area contributed by atoms with Crippen LogP contribution in [0, 0.1) is 0 Å². The zero-order valence-corrected chi connectivity index (χ0v) is 31.5. The van der Waals surface area contributed by atoms with Crippen molar-refractivity contribution in [1.29, 1.82) is 0 Å². The van der Waals surface area contributed by atoms with Gasteiger partial charge in [0.1, 0.15) is 17.4 Å². The quantitative estimate of drug-likeness (QED) is 0.100. The summed E-state index contributed by atoms with van der Waals surface area (Å²) < 4.78 is 2.08. The third-order valence-corrected chi connectivity index (χ3v) is 10.9. The Morgan fingerprint density at radius 1 is 0.945 bits per heavy atom. The summed E-state index contributed by atoms with van der Waals surface area (Å²) in [7, 11) is 3.52. The molecule has 3 aliphatic rings. The van der Waals surface area contributed by atoms with Gasteiger partial charge in [-0.2, -0.15) is 4.98 Å². The third kappa shape index (κ3) is 7.87. The Bertz CT molecular complexity index is 2150. The number of carbonyl (C=O) groups excluding carboxylic acids is 5. The predicted octanol–water partition coefficient (Wildman–Crippen LogP) is 6.30. The maximum atomic E-state index is 13.4. The van der Waals surface area contributed by atoms with E-state index in [1.807, 2.05) is 24.3 Å². The first-order valence-electron chi connectivity index (χ1n) is 19.3. The Hall–Kier alpha value is -5.85. The van der Waals surface area contributed by atoms with Gasteiger partial charge in [0.15, 0.2) is 0 Å². The Morgan fingerprint density at radius 2 is 1.69 bits per heavy atom. The van der Waals surface area contributed by atoms with Gasteiger partial charge in [0.05, 0.1) is 11.1 Å². The highest BCUT2D eigenvalue weighted by Crippen LogP contribution is 2.35. The van der Waals surface area contributed by atoms with Gasteiger partial charge in [-0.05, 0) is 86.9 Å².